The van der Waals surface area contributed by atoms with Gasteiger partial charge in [-0.15, -0.1) is 11.3 Å². The van der Waals surface area contributed by atoms with Crippen molar-refractivity contribution >= 4 is 40.5 Å². The highest BCUT2D eigenvalue weighted by molar-refractivity contribution is 7.12. The van der Waals surface area contributed by atoms with Crippen molar-refractivity contribution in [1.29, 1.82) is 0 Å². The second-order valence-electron chi connectivity index (χ2n) is 5.66. The third-order valence-corrected chi connectivity index (χ3v) is 4.69. The number of benzene rings is 1. The highest BCUT2D eigenvalue weighted by Gasteiger charge is 2.15. The molecule has 4 rings (SSSR count). The number of anilines is 2. The fourth-order valence-electron chi connectivity index (χ4n) is 2.45. The van der Waals surface area contributed by atoms with Crippen molar-refractivity contribution in [1.82, 2.24) is 14.8 Å². The van der Waals surface area contributed by atoms with E-state index < -0.39 is 0 Å². The summed E-state index contributed by atoms with van der Waals surface area (Å²) in [7, 11) is 0. The van der Waals surface area contributed by atoms with Crippen LogP contribution in [0.3, 0.4) is 0 Å². The Balaban J connectivity index is 1.54. The third-order valence-electron chi connectivity index (χ3n) is 3.62. The molecule has 136 valence electrons. The van der Waals surface area contributed by atoms with E-state index in [1.54, 1.807) is 47.3 Å². The number of furan rings is 1. The molecule has 0 saturated heterocycles. The predicted octanol–water partition coefficient (Wildman–Crippen LogP) is 5.19. The molecule has 1 aromatic carbocycles. The van der Waals surface area contributed by atoms with Crippen LogP contribution in [0.2, 0.25) is 5.02 Å². The summed E-state index contributed by atoms with van der Waals surface area (Å²) in [4.78, 5) is 16.9. The van der Waals surface area contributed by atoms with Crippen molar-refractivity contribution in [2.75, 3.05) is 10.6 Å². The number of thiazole rings is 1. The van der Waals surface area contributed by atoms with Gasteiger partial charge < -0.3 is 9.73 Å². The number of aromatic nitrogens is 3. The minimum atomic E-state index is -0.388. The summed E-state index contributed by atoms with van der Waals surface area (Å²) in [5.41, 5.74) is 2.10. The SMILES string of the molecule is Cc1cc(NC(=O)Nc2ccc(Cl)cc2)n(-c2nc(-c3ccco3)cs2)n1. The lowest BCUT2D eigenvalue weighted by Crippen LogP contribution is -2.21. The smallest absolute Gasteiger partial charge is 0.324 e. The molecule has 3 heterocycles. The van der Waals surface area contributed by atoms with Crippen LogP contribution in [0.1, 0.15) is 5.69 Å². The number of carbonyl (C=O) groups is 1. The first-order valence-electron chi connectivity index (χ1n) is 7.98. The molecule has 4 aromatic rings. The highest BCUT2D eigenvalue weighted by Crippen LogP contribution is 2.26. The normalized spacial score (nSPS) is 10.7. The minimum Gasteiger partial charge on any atom is -0.463 e. The van der Waals surface area contributed by atoms with E-state index in [1.165, 1.54) is 11.3 Å². The number of amides is 2. The summed E-state index contributed by atoms with van der Waals surface area (Å²) < 4.78 is 6.96. The number of rotatable bonds is 4. The number of hydrogen-bond acceptors (Lipinski definition) is 5. The molecule has 2 amide bonds. The van der Waals surface area contributed by atoms with Gasteiger partial charge in [-0.3, -0.25) is 5.32 Å². The zero-order chi connectivity index (χ0) is 18.8. The summed E-state index contributed by atoms with van der Waals surface area (Å²) in [6.45, 7) is 1.85. The van der Waals surface area contributed by atoms with E-state index in [-0.39, 0.29) is 6.03 Å². The summed E-state index contributed by atoms with van der Waals surface area (Å²) in [5.74, 6) is 1.19. The van der Waals surface area contributed by atoms with E-state index >= 15 is 0 Å². The highest BCUT2D eigenvalue weighted by atomic mass is 35.5. The summed E-state index contributed by atoms with van der Waals surface area (Å²) in [5, 5.41) is 13.1. The average molecular weight is 400 g/mol. The topological polar surface area (TPSA) is 85.0 Å². The Labute approximate surface area is 163 Å². The van der Waals surface area contributed by atoms with Gasteiger partial charge in [0.2, 0.25) is 5.13 Å². The van der Waals surface area contributed by atoms with Crippen molar-refractivity contribution in [2.45, 2.75) is 6.92 Å². The molecule has 0 atom stereocenters. The second-order valence-corrected chi connectivity index (χ2v) is 6.93. The maximum absolute atomic E-state index is 12.3. The Morgan fingerprint density at radius 2 is 2.04 bits per heavy atom. The molecule has 27 heavy (non-hydrogen) atoms. The zero-order valence-corrected chi connectivity index (χ0v) is 15.7. The van der Waals surface area contributed by atoms with Gasteiger partial charge in [0, 0.05) is 22.2 Å². The zero-order valence-electron chi connectivity index (χ0n) is 14.1. The molecule has 0 aliphatic heterocycles. The van der Waals surface area contributed by atoms with Gasteiger partial charge in [-0.25, -0.2) is 9.78 Å². The van der Waals surface area contributed by atoms with E-state index in [4.69, 9.17) is 16.0 Å². The Morgan fingerprint density at radius 1 is 1.22 bits per heavy atom. The van der Waals surface area contributed by atoms with Crippen LogP contribution in [0.4, 0.5) is 16.3 Å². The molecule has 0 radical (unpaired) electrons. The maximum atomic E-state index is 12.3. The van der Waals surface area contributed by atoms with Crippen LogP contribution in [0.15, 0.2) is 58.5 Å². The standard InChI is InChI=1S/C18H14ClN5O2S/c1-11-9-16(22-17(25)20-13-6-4-12(19)5-7-13)24(23-11)18-21-14(10-27-18)15-3-2-8-26-15/h2-10H,1H3,(H2,20,22,25). The van der Waals surface area contributed by atoms with Crippen LogP contribution in [0.25, 0.3) is 16.6 Å². The molecule has 0 spiro atoms. The number of hydrogen-bond donors (Lipinski definition) is 2. The molecule has 0 unspecified atom stereocenters. The Hall–Kier alpha value is -3.10. The molecular weight excluding hydrogens is 386 g/mol. The Bertz CT molecular complexity index is 1070. The second kappa shape index (κ2) is 7.26. The van der Waals surface area contributed by atoms with Crippen molar-refractivity contribution in [2.24, 2.45) is 0 Å². The predicted molar refractivity (Wildman–Crippen MR) is 106 cm³/mol. The largest absolute Gasteiger partial charge is 0.463 e. The van der Waals surface area contributed by atoms with Gasteiger partial charge in [0.25, 0.3) is 0 Å². The lowest BCUT2D eigenvalue weighted by atomic mass is 10.3. The summed E-state index contributed by atoms with van der Waals surface area (Å²) in [6.07, 6.45) is 1.60. The van der Waals surface area contributed by atoms with Crippen molar-refractivity contribution < 1.29 is 9.21 Å². The van der Waals surface area contributed by atoms with Gasteiger partial charge in [-0.05, 0) is 43.3 Å². The van der Waals surface area contributed by atoms with Crippen LogP contribution in [0, 0.1) is 6.92 Å². The van der Waals surface area contributed by atoms with Crippen LogP contribution < -0.4 is 10.6 Å². The summed E-state index contributed by atoms with van der Waals surface area (Å²) in [6, 6.07) is 11.9. The van der Waals surface area contributed by atoms with Crippen LogP contribution in [0.5, 0.6) is 0 Å². The van der Waals surface area contributed by atoms with Crippen molar-refractivity contribution in [3.8, 4) is 16.6 Å². The van der Waals surface area contributed by atoms with E-state index in [9.17, 15) is 4.79 Å². The van der Waals surface area contributed by atoms with Gasteiger partial charge in [0.1, 0.15) is 11.5 Å². The molecule has 2 N–H and O–H groups in total. The van der Waals surface area contributed by atoms with Gasteiger partial charge in [-0.2, -0.15) is 9.78 Å². The molecule has 0 bridgehead atoms. The van der Waals surface area contributed by atoms with Crippen LogP contribution in [-0.4, -0.2) is 20.8 Å². The van der Waals surface area contributed by atoms with Gasteiger partial charge >= 0.3 is 6.03 Å². The quantitative estimate of drug-likeness (QED) is 0.494. The number of nitrogens with zero attached hydrogens (tertiary/aromatic N) is 3. The average Bonchev–Trinajstić information content (AvgIpc) is 3.37. The molecule has 0 fully saturated rings. The van der Waals surface area contributed by atoms with Crippen LogP contribution >= 0.6 is 22.9 Å². The van der Waals surface area contributed by atoms with E-state index in [0.29, 0.717) is 33.1 Å². The number of nitrogens with one attached hydrogen (secondary N) is 2. The number of carbonyl (C=O) groups excluding carboxylic acids is 1. The van der Waals surface area contributed by atoms with E-state index in [1.807, 2.05) is 18.4 Å². The van der Waals surface area contributed by atoms with Gasteiger partial charge in [-0.1, -0.05) is 11.6 Å². The molecule has 9 heteroatoms. The lowest BCUT2D eigenvalue weighted by molar-refractivity contribution is 0.262. The fraction of sp³-hybridized carbons (Fsp3) is 0.0556. The number of halogens is 1. The monoisotopic (exact) mass is 399 g/mol. The third kappa shape index (κ3) is 3.86. The van der Waals surface area contributed by atoms with Gasteiger partial charge in [0.05, 0.1) is 12.0 Å². The number of urea groups is 1. The molecule has 0 aliphatic rings. The first-order valence-corrected chi connectivity index (χ1v) is 9.24. The first kappa shape index (κ1) is 17.3. The molecule has 0 aliphatic carbocycles. The van der Waals surface area contributed by atoms with Crippen molar-refractivity contribution in [3.05, 3.63) is 64.8 Å². The first-order chi connectivity index (χ1) is 13.1. The Kier molecular flexibility index (Phi) is 4.66. The lowest BCUT2D eigenvalue weighted by Gasteiger charge is -2.08. The molecule has 7 nitrogen and oxygen atoms in total. The van der Waals surface area contributed by atoms with Crippen LogP contribution in [-0.2, 0) is 0 Å². The summed E-state index contributed by atoms with van der Waals surface area (Å²) >= 11 is 7.26. The molecule has 0 saturated carbocycles. The number of aryl methyl sites for hydroxylation is 1. The fourth-order valence-corrected chi connectivity index (χ4v) is 3.35. The minimum absolute atomic E-state index is 0.388. The van der Waals surface area contributed by atoms with E-state index in [0.717, 1.165) is 5.69 Å². The maximum Gasteiger partial charge on any atom is 0.324 e. The van der Waals surface area contributed by atoms with E-state index in [2.05, 4.69) is 20.7 Å². The molecule has 3 aromatic heterocycles. The molecular formula is C18H14ClN5O2S. The Morgan fingerprint density at radius 3 is 2.78 bits per heavy atom. The van der Waals surface area contributed by atoms with Gasteiger partial charge in [0.15, 0.2) is 5.76 Å². The van der Waals surface area contributed by atoms with Crippen molar-refractivity contribution in [3.63, 3.8) is 0 Å².